The van der Waals surface area contributed by atoms with E-state index >= 15 is 0 Å². The fourth-order valence-electron chi connectivity index (χ4n) is 2.91. The van der Waals surface area contributed by atoms with Crippen molar-refractivity contribution < 1.29 is 27.3 Å². The second-order valence-electron chi connectivity index (χ2n) is 6.66. The highest BCUT2D eigenvalue weighted by atomic mass is 35.5. The quantitative estimate of drug-likeness (QED) is 0.177. The molecule has 1 N–H and O–H groups in total. The number of alkyl halides is 4. The number of carbonyl (C=O) groups is 1. The van der Waals surface area contributed by atoms with E-state index in [1.807, 2.05) is 0 Å². The van der Waals surface area contributed by atoms with Crippen molar-refractivity contribution in [3.63, 3.8) is 0 Å². The lowest BCUT2D eigenvalue weighted by molar-refractivity contribution is -0.384. The topological polar surface area (TPSA) is 121 Å². The number of halogens is 5. The lowest BCUT2D eigenvalue weighted by atomic mass is 10.3. The Balaban J connectivity index is 1.70. The first-order valence-corrected chi connectivity index (χ1v) is 10.9. The molecule has 0 bridgehead atoms. The van der Waals surface area contributed by atoms with Crippen LogP contribution in [0.15, 0.2) is 29.4 Å². The second-order valence-corrected chi connectivity index (χ2v) is 8.01. The van der Waals surface area contributed by atoms with Crippen LogP contribution >= 0.6 is 23.4 Å². The number of nitrogens with one attached hydrogen (secondary N) is 1. The van der Waals surface area contributed by atoms with Crippen LogP contribution in [0.25, 0.3) is 0 Å². The summed E-state index contributed by atoms with van der Waals surface area (Å²) in [5, 5.41) is 25.1. The number of nitro groups is 1. The standard InChI is InChI=1S/C18H16ClF4N7O3S/c1-2-28-14(7-29-13(17(22)23)6-11(27-29)16(20)21)25-26-18(28)34-8-15(31)24-9-3-4-10(19)12(5-9)30(32)33/h3-6,16-17H,2,7-8H2,1H3,(H,24,31). The Labute approximate surface area is 198 Å². The number of hydrogen-bond donors (Lipinski definition) is 1. The Kier molecular flexibility index (Phi) is 8.09. The first-order chi connectivity index (χ1) is 16.1. The minimum absolute atomic E-state index is 0.0752. The van der Waals surface area contributed by atoms with Crippen molar-refractivity contribution in [2.45, 2.75) is 38.0 Å². The Hall–Kier alpha value is -3.20. The van der Waals surface area contributed by atoms with Crippen LogP contribution in [0.5, 0.6) is 0 Å². The summed E-state index contributed by atoms with van der Waals surface area (Å²) in [4.78, 5) is 22.6. The van der Waals surface area contributed by atoms with Crippen molar-refractivity contribution in [1.82, 2.24) is 24.5 Å². The molecule has 3 aromatic rings. The number of thioether (sulfide) groups is 1. The minimum atomic E-state index is -3.01. The third kappa shape index (κ3) is 5.83. The maximum Gasteiger partial charge on any atom is 0.289 e. The third-order valence-electron chi connectivity index (χ3n) is 4.44. The van der Waals surface area contributed by atoms with Crippen molar-refractivity contribution in [3.8, 4) is 0 Å². The molecule has 0 aliphatic rings. The summed E-state index contributed by atoms with van der Waals surface area (Å²) in [5.74, 6) is -0.458. The fourth-order valence-corrected chi connectivity index (χ4v) is 3.92. The number of anilines is 1. The number of carbonyl (C=O) groups excluding carboxylic acids is 1. The van der Waals surface area contributed by atoms with Gasteiger partial charge in [0.1, 0.15) is 23.0 Å². The van der Waals surface area contributed by atoms with Crippen molar-refractivity contribution in [2.24, 2.45) is 0 Å². The lowest BCUT2D eigenvalue weighted by Crippen LogP contribution is -2.15. The molecule has 1 aromatic carbocycles. The molecule has 0 unspecified atom stereocenters. The number of nitrogens with zero attached hydrogens (tertiary/aromatic N) is 6. The van der Waals surface area contributed by atoms with E-state index in [4.69, 9.17) is 11.6 Å². The Morgan fingerprint density at radius 3 is 2.59 bits per heavy atom. The van der Waals surface area contributed by atoms with Crippen LogP contribution in [-0.4, -0.2) is 41.1 Å². The van der Waals surface area contributed by atoms with Gasteiger partial charge in [-0.3, -0.25) is 19.6 Å². The van der Waals surface area contributed by atoms with E-state index in [1.165, 1.54) is 16.7 Å². The first kappa shape index (κ1) is 25.4. The van der Waals surface area contributed by atoms with Crippen LogP contribution < -0.4 is 5.32 Å². The van der Waals surface area contributed by atoms with Crippen LogP contribution in [0.3, 0.4) is 0 Å². The van der Waals surface area contributed by atoms with Crippen molar-refractivity contribution >= 4 is 40.6 Å². The van der Waals surface area contributed by atoms with E-state index in [9.17, 15) is 32.5 Å². The number of benzene rings is 1. The zero-order chi connectivity index (χ0) is 25.0. The average Bonchev–Trinajstić information content (AvgIpc) is 3.37. The largest absolute Gasteiger partial charge is 0.325 e. The molecule has 2 aromatic heterocycles. The summed E-state index contributed by atoms with van der Waals surface area (Å²) >= 11 is 6.73. The maximum absolute atomic E-state index is 13.2. The van der Waals surface area contributed by atoms with Gasteiger partial charge in [-0.25, -0.2) is 17.6 Å². The zero-order valence-electron chi connectivity index (χ0n) is 17.3. The Morgan fingerprint density at radius 2 is 1.97 bits per heavy atom. The molecule has 34 heavy (non-hydrogen) atoms. The molecule has 2 heterocycles. The van der Waals surface area contributed by atoms with Crippen LogP contribution in [-0.2, 0) is 17.9 Å². The predicted molar refractivity (Wildman–Crippen MR) is 114 cm³/mol. The predicted octanol–water partition coefficient (Wildman–Crippen LogP) is 4.71. The van der Waals surface area contributed by atoms with E-state index in [0.717, 1.165) is 22.5 Å². The minimum Gasteiger partial charge on any atom is -0.325 e. The van der Waals surface area contributed by atoms with E-state index < -0.39 is 35.1 Å². The lowest BCUT2D eigenvalue weighted by Gasteiger charge is -2.09. The zero-order valence-corrected chi connectivity index (χ0v) is 18.9. The molecule has 0 atom stereocenters. The molecule has 182 valence electrons. The van der Waals surface area contributed by atoms with Gasteiger partial charge in [-0.15, -0.1) is 10.2 Å². The summed E-state index contributed by atoms with van der Waals surface area (Å²) in [7, 11) is 0. The van der Waals surface area contributed by atoms with Gasteiger partial charge in [-0.1, -0.05) is 23.4 Å². The molecule has 16 heteroatoms. The first-order valence-electron chi connectivity index (χ1n) is 9.53. The molecule has 10 nitrogen and oxygen atoms in total. The third-order valence-corrected chi connectivity index (χ3v) is 5.72. The summed E-state index contributed by atoms with van der Waals surface area (Å²) in [5.41, 5.74) is -1.63. The molecular formula is C18H16ClF4N7O3S. The van der Waals surface area contributed by atoms with Gasteiger partial charge in [0.2, 0.25) is 5.91 Å². The second kappa shape index (κ2) is 10.8. The number of aromatic nitrogens is 5. The molecule has 1 amide bonds. The van der Waals surface area contributed by atoms with E-state index in [2.05, 4.69) is 20.6 Å². The molecule has 0 fully saturated rings. The van der Waals surface area contributed by atoms with Crippen LogP contribution in [0.2, 0.25) is 5.02 Å². The number of amides is 1. The molecule has 0 spiro atoms. The van der Waals surface area contributed by atoms with Crippen molar-refractivity contribution in [3.05, 3.63) is 56.6 Å². The SMILES string of the molecule is CCn1c(Cn2nc(C(F)F)cc2C(F)F)nnc1SCC(=O)Nc1ccc(Cl)c([N+](=O)[O-])c1. The maximum atomic E-state index is 13.2. The van der Waals surface area contributed by atoms with Gasteiger partial charge in [-0.2, -0.15) is 5.10 Å². The van der Waals surface area contributed by atoms with Gasteiger partial charge in [-0.05, 0) is 25.1 Å². The smallest absolute Gasteiger partial charge is 0.289 e. The molecule has 0 saturated heterocycles. The highest BCUT2D eigenvalue weighted by molar-refractivity contribution is 7.99. The van der Waals surface area contributed by atoms with E-state index in [-0.39, 0.29) is 39.7 Å². The molecule has 0 aliphatic carbocycles. The highest BCUT2D eigenvalue weighted by Gasteiger charge is 2.23. The van der Waals surface area contributed by atoms with Crippen LogP contribution in [0.1, 0.15) is 37.0 Å². The Morgan fingerprint density at radius 1 is 1.24 bits per heavy atom. The average molecular weight is 522 g/mol. The van der Waals surface area contributed by atoms with Gasteiger partial charge in [0.15, 0.2) is 11.0 Å². The highest BCUT2D eigenvalue weighted by Crippen LogP contribution is 2.28. The van der Waals surface area contributed by atoms with E-state index in [1.54, 1.807) is 6.92 Å². The monoisotopic (exact) mass is 521 g/mol. The van der Waals surface area contributed by atoms with Crippen LogP contribution in [0.4, 0.5) is 28.9 Å². The van der Waals surface area contributed by atoms with Gasteiger partial charge in [0, 0.05) is 18.3 Å². The summed E-state index contributed by atoms with van der Waals surface area (Å²) < 4.78 is 54.5. The van der Waals surface area contributed by atoms with Crippen molar-refractivity contribution in [2.75, 3.05) is 11.1 Å². The fraction of sp³-hybridized carbons (Fsp3) is 0.333. The molecule has 0 aliphatic heterocycles. The molecular weight excluding hydrogens is 506 g/mol. The van der Waals surface area contributed by atoms with Gasteiger partial charge < -0.3 is 9.88 Å². The van der Waals surface area contributed by atoms with E-state index in [0.29, 0.717) is 12.6 Å². The van der Waals surface area contributed by atoms with Gasteiger partial charge in [0.05, 0.1) is 10.7 Å². The van der Waals surface area contributed by atoms with Gasteiger partial charge >= 0.3 is 0 Å². The number of hydrogen-bond acceptors (Lipinski definition) is 7. The molecule has 0 saturated carbocycles. The normalized spacial score (nSPS) is 11.4. The number of nitro benzene ring substituents is 1. The molecule has 0 radical (unpaired) electrons. The number of rotatable bonds is 10. The van der Waals surface area contributed by atoms with Gasteiger partial charge in [0.25, 0.3) is 18.5 Å². The summed E-state index contributed by atoms with van der Waals surface area (Å²) in [6, 6.07) is 4.45. The van der Waals surface area contributed by atoms with Crippen LogP contribution in [0, 0.1) is 10.1 Å². The molecule has 3 rings (SSSR count). The Bertz CT molecular complexity index is 1200. The summed E-state index contributed by atoms with van der Waals surface area (Å²) in [6.45, 7) is 1.71. The van der Waals surface area contributed by atoms with Crippen molar-refractivity contribution in [1.29, 1.82) is 0 Å². The summed E-state index contributed by atoms with van der Waals surface area (Å²) in [6.07, 6.45) is -6.02.